The highest BCUT2D eigenvalue weighted by Gasteiger charge is 2.16. The maximum absolute atomic E-state index is 11.6. The van der Waals surface area contributed by atoms with Crippen LogP contribution in [0.3, 0.4) is 0 Å². The number of hydrogen-bond donors (Lipinski definition) is 2. The molecule has 0 aliphatic heterocycles. The predicted octanol–water partition coefficient (Wildman–Crippen LogP) is 0.437. The first-order valence-corrected chi connectivity index (χ1v) is 5.21. The summed E-state index contributed by atoms with van der Waals surface area (Å²) in [6.07, 6.45) is 2.09. The molecule has 0 spiro atoms. The first kappa shape index (κ1) is 13.9. The van der Waals surface area contributed by atoms with Gasteiger partial charge in [0, 0.05) is 20.0 Å². The number of nitrogens with zero attached hydrogens (tertiary/aromatic N) is 1. The van der Waals surface area contributed by atoms with Gasteiger partial charge in [-0.1, -0.05) is 13.3 Å². The minimum Gasteiger partial charge on any atom is -0.481 e. The van der Waals surface area contributed by atoms with Crippen molar-refractivity contribution in [3.8, 4) is 0 Å². The molecule has 0 saturated heterocycles. The quantitative estimate of drug-likeness (QED) is 0.646. The molecule has 5 heteroatoms. The van der Waals surface area contributed by atoms with Gasteiger partial charge < -0.3 is 15.7 Å². The number of amides is 1. The molecule has 3 N–H and O–H groups in total. The molecule has 0 bridgehead atoms. The summed E-state index contributed by atoms with van der Waals surface area (Å²) in [5.74, 6) is -0.948. The first-order valence-electron chi connectivity index (χ1n) is 5.21. The summed E-state index contributed by atoms with van der Waals surface area (Å²) in [5.41, 5.74) is 5.65. The Morgan fingerprint density at radius 3 is 2.53 bits per heavy atom. The fourth-order valence-corrected chi connectivity index (χ4v) is 1.30. The second-order valence-electron chi connectivity index (χ2n) is 3.65. The summed E-state index contributed by atoms with van der Waals surface area (Å²) in [6, 6.07) is -0.454. The maximum atomic E-state index is 11.6. The Hall–Kier alpha value is -1.10. The van der Waals surface area contributed by atoms with Gasteiger partial charge in [-0.25, -0.2) is 0 Å². The van der Waals surface area contributed by atoms with E-state index in [2.05, 4.69) is 0 Å². The predicted molar refractivity (Wildman–Crippen MR) is 57.4 cm³/mol. The maximum Gasteiger partial charge on any atom is 0.303 e. The summed E-state index contributed by atoms with van der Waals surface area (Å²) in [4.78, 5) is 23.3. The number of nitrogens with two attached hydrogens (primary N) is 1. The Morgan fingerprint density at radius 2 is 2.07 bits per heavy atom. The van der Waals surface area contributed by atoms with Crippen molar-refractivity contribution in [2.45, 2.75) is 38.6 Å². The van der Waals surface area contributed by atoms with E-state index in [0.29, 0.717) is 19.4 Å². The zero-order valence-corrected chi connectivity index (χ0v) is 9.40. The summed E-state index contributed by atoms with van der Waals surface area (Å²) >= 11 is 0. The van der Waals surface area contributed by atoms with Crippen molar-refractivity contribution >= 4 is 11.9 Å². The van der Waals surface area contributed by atoms with Crippen molar-refractivity contribution in [2.75, 3.05) is 13.6 Å². The Labute approximate surface area is 90.2 Å². The number of carboxylic acid groups (broad SMARTS) is 1. The lowest BCUT2D eigenvalue weighted by Gasteiger charge is -2.20. The van der Waals surface area contributed by atoms with Crippen LogP contribution in [0, 0.1) is 0 Å². The van der Waals surface area contributed by atoms with Crippen LogP contribution in [0.25, 0.3) is 0 Å². The Bertz CT molecular complexity index is 219. The van der Waals surface area contributed by atoms with Crippen LogP contribution in [0.15, 0.2) is 0 Å². The van der Waals surface area contributed by atoms with Gasteiger partial charge in [0.1, 0.15) is 0 Å². The lowest BCUT2D eigenvalue weighted by molar-refractivity contribution is -0.138. The molecule has 15 heavy (non-hydrogen) atoms. The summed E-state index contributed by atoms with van der Waals surface area (Å²) in [5, 5.41) is 8.43. The van der Waals surface area contributed by atoms with Crippen LogP contribution in [-0.4, -0.2) is 41.5 Å². The van der Waals surface area contributed by atoms with E-state index in [4.69, 9.17) is 10.8 Å². The minimum atomic E-state index is -0.839. The fraction of sp³-hybridized carbons (Fsp3) is 0.800. The van der Waals surface area contributed by atoms with E-state index in [9.17, 15) is 9.59 Å². The van der Waals surface area contributed by atoms with Gasteiger partial charge in [0.05, 0.1) is 6.04 Å². The summed E-state index contributed by atoms with van der Waals surface area (Å²) < 4.78 is 0. The number of aliphatic carboxylic acids is 1. The van der Waals surface area contributed by atoms with E-state index in [-0.39, 0.29) is 12.3 Å². The number of hydrogen-bond acceptors (Lipinski definition) is 3. The van der Waals surface area contributed by atoms with Crippen LogP contribution in [0.2, 0.25) is 0 Å². The van der Waals surface area contributed by atoms with Crippen LogP contribution in [0.4, 0.5) is 0 Å². The van der Waals surface area contributed by atoms with Crippen molar-refractivity contribution in [1.82, 2.24) is 4.90 Å². The van der Waals surface area contributed by atoms with Crippen molar-refractivity contribution in [3.05, 3.63) is 0 Å². The third-order valence-electron chi connectivity index (χ3n) is 2.18. The molecule has 0 aromatic rings. The van der Waals surface area contributed by atoms with Crippen molar-refractivity contribution in [1.29, 1.82) is 0 Å². The van der Waals surface area contributed by atoms with Gasteiger partial charge in [-0.15, -0.1) is 0 Å². The minimum absolute atomic E-state index is 0.0840. The SMILES string of the molecule is CCC[C@H](N)C(=O)N(C)CCCC(=O)O. The fourth-order valence-electron chi connectivity index (χ4n) is 1.30. The van der Waals surface area contributed by atoms with Gasteiger partial charge in [0.25, 0.3) is 0 Å². The molecule has 0 aromatic carbocycles. The molecule has 0 unspecified atom stereocenters. The normalized spacial score (nSPS) is 12.2. The molecular weight excluding hydrogens is 196 g/mol. The van der Waals surface area contributed by atoms with Crippen LogP contribution >= 0.6 is 0 Å². The highest BCUT2D eigenvalue weighted by molar-refractivity contribution is 5.81. The van der Waals surface area contributed by atoms with Crippen molar-refractivity contribution in [2.24, 2.45) is 5.73 Å². The average molecular weight is 216 g/mol. The zero-order valence-electron chi connectivity index (χ0n) is 9.40. The monoisotopic (exact) mass is 216 g/mol. The first-order chi connectivity index (χ1) is 6.99. The molecule has 88 valence electrons. The summed E-state index contributed by atoms with van der Waals surface area (Å²) in [7, 11) is 1.65. The third kappa shape index (κ3) is 6.06. The lowest BCUT2D eigenvalue weighted by atomic mass is 10.1. The van der Waals surface area contributed by atoms with E-state index < -0.39 is 12.0 Å². The third-order valence-corrected chi connectivity index (χ3v) is 2.18. The number of rotatable bonds is 7. The van der Waals surface area contributed by atoms with Crippen LogP contribution in [-0.2, 0) is 9.59 Å². The Morgan fingerprint density at radius 1 is 1.47 bits per heavy atom. The second-order valence-corrected chi connectivity index (χ2v) is 3.65. The molecule has 0 aromatic heterocycles. The van der Waals surface area contributed by atoms with E-state index in [1.54, 1.807) is 7.05 Å². The molecule has 0 aliphatic carbocycles. The Balaban J connectivity index is 3.82. The molecular formula is C10H20N2O3. The van der Waals surface area contributed by atoms with Gasteiger partial charge in [0.2, 0.25) is 5.91 Å². The zero-order chi connectivity index (χ0) is 11.8. The molecule has 0 radical (unpaired) electrons. The van der Waals surface area contributed by atoms with Gasteiger partial charge >= 0.3 is 5.97 Å². The average Bonchev–Trinajstić information content (AvgIpc) is 2.16. The van der Waals surface area contributed by atoms with Gasteiger partial charge in [0.15, 0.2) is 0 Å². The molecule has 0 rings (SSSR count). The molecule has 0 fully saturated rings. The molecule has 0 aliphatic rings. The lowest BCUT2D eigenvalue weighted by Crippen LogP contribution is -2.42. The number of carbonyl (C=O) groups is 2. The van der Waals surface area contributed by atoms with Crippen molar-refractivity contribution < 1.29 is 14.7 Å². The molecule has 1 amide bonds. The van der Waals surface area contributed by atoms with Crippen LogP contribution < -0.4 is 5.73 Å². The molecule has 5 nitrogen and oxygen atoms in total. The van der Waals surface area contributed by atoms with Crippen LogP contribution in [0.5, 0.6) is 0 Å². The van der Waals surface area contributed by atoms with Gasteiger partial charge in [-0.05, 0) is 12.8 Å². The van der Waals surface area contributed by atoms with E-state index in [0.717, 1.165) is 6.42 Å². The second kappa shape index (κ2) is 7.23. The number of carboxylic acids is 1. The van der Waals surface area contributed by atoms with E-state index in [1.165, 1.54) is 4.90 Å². The smallest absolute Gasteiger partial charge is 0.303 e. The topological polar surface area (TPSA) is 83.6 Å². The highest BCUT2D eigenvalue weighted by Crippen LogP contribution is 2.00. The van der Waals surface area contributed by atoms with E-state index in [1.807, 2.05) is 6.92 Å². The number of carbonyl (C=O) groups excluding carboxylic acids is 1. The van der Waals surface area contributed by atoms with Gasteiger partial charge in [-0.2, -0.15) is 0 Å². The molecule has 1 atom stereocenters. The molecule has 0 heterocycles. The Kier molecular flexibility index (Phi) is 6.70. The molecule has 0 saturated carbocycles. The van der Waals surface area contributed by atoms with E-state index >= 15 is 0 Å². The highest BCUT2D eigenvalue weighted by atomic mass is 16.4. The standard InChI is InChI=1S/C10H20N2O3/c1-3-5-8(11)10(15)12(2)7-4-6-9(13)14/h8H,3-7,11H2,1-2H3,(H,13,14)/t8-/m0/s1. The van der Waals surface area contributed by atoms with Gasteiger partial charge in [-0.3, -0.25) is 9.59 Å². The van der Waals surface area contributed by atoms with Crippen molar-refractivity contribution in [3.63, 3.8) is 0 Å². The largest absolute Gasteiger partial charge is 0.481 e. The number of likely N-dealkylation sites (N-methyl/N-ethyl adjacent to an activating group) is 1. The summed E-state index contributed by atoms with van der Waals surface area (Å²) in [6.45, 7) is 2.42. The van der Waals surface area contributed by atoms with Crippen LogP contribution in [0.1, 0.15) is 32.6 Å².